The highest BCUT2D eigenvalue weighted by atomic mass is 28.3. The van der Waals surface area contributed by atoms with Gasteiger partial charge < -0.3 is 5.73 Å². The molecule has 20 heavy (non-hydrogen) atoms. The summed E-state index contributed by atoms with van der Waals surface area (Å²) < 4.78 is 0. The van der Waals surface area contributed by atoms with E-state index in [1.165, 1.54) is 0 Å². The predicted molar refractivity (Wildman–Crippen MR) is 92.3 cm³/mol. The lowest BCUT2D eigenvalue weighted by molar-refractivity contribution is 0.838. The molecule has 0 saturated heterocycles. The predicted octanol–water partition coefficient (Wildman–Crippen LogP) is 4.71. The Morgan fingerprint density at radius 3 is 1.70 bits per heavy atom. The Morgan fingerprint density at radius 2 is 1.35 bits per heavy atom. The average molecular weight is 288 g/mol. The molecular formula is C18H29NSi. The molecule has 0 saturated carbocycles. The van der Waals surface area contributed by atoms with Crippen LogP contribution in [0.5, 0.6) is 0 Å². The van der Waals surface area contributed by atoms with Crippen LogP contribution in [0.2, 0.25) is 16.6 Å². The van der Waals surface area contributed by atoms with Gasteiger partial charge in [-0.2, -0.15) is 0 Å². The van der Waals surface area contributed by atoms with Gasteiger partial charge in [-0.1, -0.05) is 59.6 Å². The van der Waals surface area contributed by atoms with Crippen LogP contribution in [0.4, 0.5) is 0 Å². The normalized spacial score (nSPS) is 11.9. The lowest BCUT2D eigenvalue weighted by Crippen LogP contribution is -2.43. The maximum atomic E-state index is 5.63. The zero-order valence-corrected chi connectivity index (χ0v) is 14.8. The summed E-state index contributed by atoms with van der Waals surface area (Å²) in [5.74, 6) is 3.45. The van der Waals surface area contributed by atoms with E-state index in [4.69, 9.17) is 5.73 Å². The third kappa shape index (κ3) is 3.53. The summed E-state index contributed by atoms with van der Waals surface area (Å²) in [6.07, 6.45) is 0. The first-order chi connectivity index (χ1) is 9.34. The van der Waals surface area contributed by atoms with E-state index in [2.05, 4.69) is 77.3 Å². The van der Waals surface area contributed by atoms with E-state index in [0.29, 0.717) is 23.2 Å². The molecule has 0 unspecified atom stereocenters. The van der Waals surface area contributed by atoms with Crippen LogP contribution in [0.1, 0.15) is 52.7 Å². The lowest BCUT2D eigenvalue weighted by atomic mass is 10.1. The second-order valence-electron chi connectivity index (χ2n) is 6.55. The van der Waals surface area contributed by atoms with Crippen LogP contribution in [-0.4, -0.2) is 8.07 Å². The van der Waals surface area contributed by atoms with E-state index < -0.39 is 8.07 Å². The third-order valence-corrected chi connectivity index (χ3v) is 10.8. The zero-order chi connectivity index (χ0) is 15.3. The number of benzene rings is 1. The zero-order valence-electron chi connectivity index (χ0n) is 13.8. The first-order valence-electron chi connectivity index (χ1n) is 7.66. The minimum Gasteiger partial charge on any atom is -0.326 e. The maximum Gasteiger partial charge on any atom is 0.146 e. The molecule has 0 atom stereocenters. The molecule has 0 bridgehead atoms. The van der Waals surface area contributed by atoms with E-state index >= 15 is 0 Å². The molecule has 1 aromatic rings. The molecule has 1 aromatic carbocycles. The Bertz CT molecular complexity index is 453. The van der Waals surface area contributed by atoms with E-state index in [9.17, 15) is 0 Å². The number of nitrogens with two attached hydrogens (primary N) is 1. The Morgan fingerprint density at radius 1 is 0.900 bits per heavy atom. The van der Waals surface area contributed by atoms with E-state index in [0.717, 1.165) is 11.1 Å². The Labute approximate surface area is 126 Å². The molecule has 0 aromatic heterocycles. The first kappa shape index (κ1) is 17.0. The van der Waals surface area contributed by atoms with Crippen molar-refractivity contribution in [3.8, 4) is 11.5 Å². The summed E-state index contributed by atoms with van der Waals surface area (Å²) in [6, 6.07) is 8.34. The van der Waals surface area contributed by atoms with E-state index in [-0.39, 0.29) is 0 Å². The van der Waals surface area contributed by atoms with Gasteiger partial charge in [0.25, 0.3) is 0 Å². The molecule has 2 heteroatoms. The summed E-state index contributed by atoms with van der Waals surface area (Å²) in [7, 11) is -1.62. The number of hydrogen-bond donors (Lipinski definition) is 1. The van der Waals surface area contributed by atoms with Crippen LogP contribution in [0.25, 0.3) is 0 Å². The van der Waals surface area contributed by atoms with Crippen molar-refractivity contribution in [1.82, 2.24) is 0 Å². The quantitative estimate of drug-likeness (QED) is 0.629. The Hall–Kier alpha value is -1.04. The number of rotatable bonds is 4. The van der Waals surface area contributed by atoms with Gasteiger partial charge in [0, 0.05) is 12.1 Å². The molecule has 0 heterocycles. The largest absolute Gasteiger partial charge is 0.326 e. The number of hydrogen-bond acceptors (Lipinski definition) is 1. The van der Waals surface area contributed by atoms with Crippen molar-refractivity contribution >= 4 is 8.07 Å². The van der Waals surface area contributed by atoms with Gasteiger partial charge in [-0.05, 0) is 34.3 Å². The summed E-state index contributed by atoms with van der Waals surface area (Å²) in [5, 5.41) is 0. The van der Waals surface area contributed by atoms with Gasteiger partial charge in [-0.25, -0.2) is 0 Å². The first-order valence-corrected chi connectivity index (χ1v) is 9.90. The summed E-state index contributed by atoms with van der Waals surface area (Å²) >= 11 is 0. The summed E-state index contributed by atoms with van der Waals surface area (Å²) in [5.41, 5.74) is 13.7. The minimum atomic E-state index is -1.62. The fourth-order valence-electron chi connectivity index (χ4n) is 3.34. The van der Waals surface area contributed by atoms with Crippen molar-refractivity contribution in [3.63, 3.8) is 0 Å². The fourth-order valence-corrected chi connectivity index (χ4v) is 8.56. The topological polar surface area (TPSA) is 26.0 Å². The molecule has 0 aliphatic carbocycles. The van der Waals surface area contributed by atoms with Crippen LogP contribution in [0.15, 0.2) is 24.3 Å². The molecule has 0 fully saturated rings. The van der Waals surface area contributed by atoms with Crippen LogP contribution in [0.3, 0.4) is 0 Å². The summed E-state index contributed by atoms with van der Waals surface area (Å²) in [4.78, 5) is 0. The fraction of sp³-hybridized carbons (Fsp3) is 0.556. The van der Waals surface area contributed by atoms with Crippen LogP contribution in [0, 0.1) is 11.5 Å². The van der Waals surface area contributed by atoms with Crippen LogP contribution >= 0.6 is 0 Å². The van der Waals surface area contributed by atoms with Crippen molar-refractivity contribution in [2.75, 3.05) is 0 Å². The molecular weight excluding hydrogens is 258 g/mol. The van der Waals surface area contributed by atoms with E-state index in [1.54, 1.807) is 0 Å². The highest BCUT2D eigenvalue weighted by Gasteiger charge is 2.41. The second-order valence-corrected chi connectivity index (χ2v) is 12.1. The highest BCUT2D eigenvalue weighted by molar-refractivity contribution is 6.90. The van der Waals surface area contributed by atoms with Crippen molar-refractivity contribution in [1.29, 1.82) is 0 Å². The van der Waals surface area contributed by atoms with Gasteiger partial charge in [0.1, 0.15) is 8.07 Å². The van der Waals surface area contributed by atoms with Gasteiger partial charge in [-0.3, -0.25) is 0 Å². The molecule has 110 valence electrons. The van der Waals surface area contributed by atoms with Gasteiger partial charge in [-0.15, -0.1) is 5.54 Å². The van der Waals surface area contributed by atoms with Gasteiger partial charge >= 0.3 is 0 Å². The van der Waals surface area contributed by atoms with E-state index in [1.807, 2.05) is 0 Å². The molecule has 0 aliphatic heterocycles. The van der Waals surface area contributed by atoms with Crippen molar-refractivity contribution in [2.24, 2.45) is 5.73 Å². The Kier molecular flexibility index (Phi) is 6.04. The Balaban J connectivity index is 3.16. The SMILES string of the molecule is CC(C)[Si](C#Cc1ccc(CN)cc1)(C(C)C)C(C)C. The molecule has 0 amide bonds. The molecule has 0 spiro atoms. The van der Waals surface area contributed by atoms with Crippen molar-refractivity contribution < 1.29 is 0 Å². The second kappa shape index (κ2) is 7.11. The smallest absolute Gasteiger partial charge is 0.146 e. The van der Waals surface area contributed by atoms with Crippen LogP contribution in [-0.2, 0) is 6.54 Å². The minimum absolute atomic E-state index is 0.594. The molecule has 2 N–H and O–H groups in total. The molecule has 0 radical (unpaired) electrons. The molecule has 1 nitrogen and oxygen atoms in total. The average Bonchev–Trinajstić information content (AvgIpc) is 2.38. The standard InChI is InChI=1S/C18H29NSi/c1-14(2)20(15(3)4,16(5)6)12-11-17-7-9-18(13-19)10-8-17/h7-10,14-16H,13,19H2,1-6H3. The molecule has 0 aliphatic rings. The molecule has 1 rings (SSSR count). The van der Waals surface area contributed by atoms with Crippen molar-refractivity contribution in [3.05, 3.63) is 35.4 Å². The highest BCUT2D eigenvalue weighted by Crippen LogP contribution is 2.40. The van der Waals surface area contributed by atoms with Crippen LogP contribution < -0.4 is 5.73 Å². The van der Waals surface area contributed by atoms with Crippen molar-refractivity contribution in [2.45, 2.75) is 64.7 Å². The summed E-state index contributed by atoms with van der Waals surface area (Å²) in [6.45, 7) is 14.7. The van der Waals surface area contributed by atoms with Gasteiger partial charge in [0.2, 0.25) is 0 Å². The monoisotopic (exact) mass is 287 g/mol. The van der Waals surface area contributed by atoms with Gasteiger partial charge in [0.05, 0.1) is 0 Å². The van der Waals surface area contributed by atoms with Gasteiger partial charge in [0.15, 0.2) is 0 Å². The lowest BCUT2D eigenvalue weighted by Gasteiger charge is -2.38. The third-order valence-electron chi connectivity index (χ3n) is 4.48. The maximum absolute atomic E-state index is 5.63.